The molecule has 1 heterocycles. The van der Waals surface area contributed by atoms with Crippen LogP contribution in [0.1, 0.15) is 32.4 Å². The van der Waals surface area contributed by atoms with E-state index in [1.165, 1.54) is 0 Å². The second kappa shape index (κ2) is 6.55. The summed E-state index contributed by atoms with van der Waals surface area (Å²) in [6, 6.07) is 7.57. The van der Waals surface area contributed by atoms with Crippen LogP contribution in [0.2, 0.25) is 5.02 Å². The van der Waals surface area contributed by atoms with Crippen LogP contribution in [-0.4, -0.2) is 16.5 Å². The van der Waals surface area contributed by atoms with Gasteiger partial charge in [-0.15, -0.1) is 0 Å². The van der Waals surface area contributed by atoms with E-state index in [1.54, 1.807) is 0 Å². The van der Waals surface area contributed by atoms with Gasteiger partial charge < -0.3 is 5.32 Å². The fraction of sp³-hybridized carbons (Fsp3) is 0.333. The van der Waals surface area contributed by atoms with Gasteiger partial charge in [-0.1, -0.05) is 25.4 Å². The maximum atomic E-state index is 5.93. The highest BCUT2D eigenvalue weighted by molar-refractivity contribution is 9.10. The summed E-state index contributed by atoms with van der Waals surface area (Å²) in [6.45, 7) is 7.10. The Morgan fingerprint density at radius 3 is 2.40 bits per heavy atom. The average Bonchev–Trinajstić information content (AvgIpc) is 2.42. The van der Waals surface area contributed by atoms with Gasteiger partial charge in [0.2, 0.25) is 0 Å². The number of nitrogens with one attached hydrogen (secondary N) is 1. The van der Waals surface area contributed by atoms with Gasteiger partial charge in [0, 0.05) is 17.1 Å². The molecule has 0 saturated carbocycles. The van der Waals surface area contributed by atoms with Gasteiger partial charge in [0.05, 0.1) is 10.2 Å². The molecule has 3 nitrogen and oxygen atoms in total. The van der Waals surface area contributed by atoms with Crippen LogP contribution in [0.5, 0.6) is 0 Å². The summed E-state index contributed by atoms with van der Waals surface area (Å²) < 4.78 is 0.937. The lowest BCUT2D eigenvalue weighted by molar-refractivity contribution is 0.809. The van der Waals surface area contributed by atoms with Crippen LogP contribution in [-0.2, 0) is 0 Å². The predicted octanol–water partition coefficient (Wildman–Crippen LogP) is 5.11. The molecule has 0 unspecified atom stereocenters. The number of benzene rings is 1. The zero-order valence-electron chi connectivity index (χ0n) is 11.7. The highest BCUT2D eigenvalue weighted by Crippen LogP contribution is 2.31. The van der Waals surface area contributed by atoms with E-state index in [0.29, 0.717) is 16.8 Å². The van der Waals surface area contributed by atoms with Gasteiger partial charge in [-0.05, 0) is 53.0 Å². The van der Waals surface area contributed by atoms with Crippen molar-refractivity contribution in [2.75, 3.05) is 11.9 Å². The Kier molecular flexibility index (Phi) is 5.00. The third kappa shape index (κ3) is 3.30. The topological polar surface area (TPSA) is 37.8 Å². The first-order valence-corrected chi connectivity index (χ1v) is 7.77. The van der Waals surface area contributed by atoms with E-state index in [9.17, 15) is 0 Å². The molecular formula is C15H17BrClN3. The normalized spacial score (nSPS) is 10.9. The number of anilines is 1. The molecule has 5 heteroatoms. The molecule has 0 bridgehead atoms. The number of aromatic nitrogens is 2. The fourth-order valence-corrected chi connectivity index (χ4v) is 2.76. The average molecular weight is 355 g/mol. The lowest BCUT2D eigenvalue weighted by Crippen LogP contribution is -2.07. The van der Waals surface area contributed by atoms with Crippen molar-refractivity contribution in [2.24, 2.45) is 0 Å². The molecule has 0 aliphatic carbocycles. The fourth-order valence-electron chi connectivity index (χ4n) is 1.86. The predicted molar refractivity (Wildman–Crippen MR) is 88.4 cm³/mol. The standard InChI is InChI=1S/C15H17BrClN3/c1-4-18-15-12(16)13(9(2)3)19-14(20-15)10-5-7-11(17)8-6-10/h5-9H,4H2,1-3H3,(H,18,19,20). The first-order valence-electron chi connectivity index (χ1n) is 6.60. The Balaban J connectivity index is 2.55. The number of rotatable bonds is 4. The van der Waals surface area contributed by atoms with Crippen molar-refractivity contribution in [3.63, 3.8) is 0 Å². The molecule has 1 N–H and O–H groups in total. The maximum Gasteiger partial charge on any atom is 0.161 e. The first kappa shape index (κ1) is 15.3. The van der Waals surface area contributed by atoms with Crippen molar-refractivity contribution in [3.05, 3.63) is 39.5 Å². The largest absolute Gasteiger partial charge is 0.369 e. The van der Waals surface area contributed by atoms with Crippen molar-refractivity contribution < 1.29 is 0 Å². The molecule has 0 saturated heterocycles. The minimum Gasteiger partial charge on any atom is -0.369 e. The lowest BCUT2D eigenvalue weighted by Gasteiger charge is -2.14. The van der Waals surface area contributed by atoms with Crippen LogP contribution in [0.15, 0.2) is 28.7 Å². The highest BCUT2D eigenvalue weighted by Gasteiger charge is 2.15. The van der Waals surface area contributed by atoms with Gasteiger partial charge in [0.25, 0.3) is 0 Å². The zero-order chi connectivity index (χ0) is 14.7. The minimum atomic E-state index is 0.316. The van der Waals surface area contributed by atoms with E-state index in [0.717, 1.165) is 28.1 Å². The van der Waals surface area contributed by atoms with Crippen LogP contribution in [0.25, 0.3) is 11.4 Å². The molecule has 106 valence electrons. The van der Waals surface area contributed by atoms with Crippen LogP contribution in [0.3, 0.4) is 0 Å². The van der Waals surface area contributed by atoms with Crippen LogP contribution >= 0.6 is 27.5 Å². The van der Waals surface area contributed by atoms with Gasteiger partial charge in [-0.25, -0.2) is 9.97 Å². The van der Waals surface area contributed by atoms with E-state index in [4.69, 9.17) is 11.6 Å². The minimum absolute atomic E-state index is 0.316. The number of nitrogens with zero attached hydrogens (tertiary/aromatic N) is 2. The second-order valence-corrected chi connectivity index (χ2v) is 6.02. The van der Waals surface area contributed by atoms with E-state index in [-0.39, 0.29) is 0 Å². The first-order chi connectivity index (χ1) is 9.52. The molecular weight excluding hydrogens is 338 g/mol. The van der Waals surface area contributed by atoms with Crippen molar-refractivity contribution in [1.82, 2.24) is 9.97 Å². The Morgan fingerprint density at radius 2 is 1.85 bits per heavy atom. The van der Waals surface area contributed by atoms with Crippen molar-refractivity contribution in [3.8, 4) is 11.4 Å². The summed E-state index contributed by atoms with van der Waals surface area (Å²) in [4.78, 5) is 9.27. The molecule has 1 aromatic carbocycles. The molecule has 0 fully saturated rings. The summed E-state index contributed by atoms with van der Waals surface area (Å²) >= 11 is 9.52. The van der Waals surface area contributed by atoms with E-state index < -0.39 is 0 Å². The Labute approximate surface area is 132 Å². The molecule has 0 aliphatic heterocycles. The SMILES string of the molecule is CCNc1nc(-c2ccc(Cl)cc2)nc(C(C)C)c1Br. The highest BCUT2D eigenvalue weighted by atomic mass is 79.9. The van der Waals surface area contributed by atoms with Gasteiger partial charge in [0.1, 0.15) is 5.82 Å². The van der Waals surface area contributed by atoms with Crippen LogP contribution in [0, 0.1) is 0 Å². The van der Waals surface area contributed by atoms with E-state index >= 15 is 0 Å². The van der Waals surface area contributed by atoms with Crippen molar-refractivity contribution in [2.45, 2.75) is 26.7 Å². The molecule has 0 spiro atoms. The Morgan fingerprint density at radius 1 is 1.20 bits per heavy atom. The van der Waals surface area contributed by atoms with Gasteiger partial charge >= 0.3 is 0 Å². The van der Waals surface area contributed by atoms with Crippen molar-refractivity contribution >= 4 is 33.3 Å². The van der Waals surface area contributed by atoms with E-state index in [2.05, 4.69) is 45.1 Å². The molecule has 1 aromatic heterocycles. The molecule has 0 radical (unpaired) electrons. The molecule has 2 rings (SSSR count). The summed E-state index contributed by atoms with van der Waals surface area (Å²) in [5.74, 6) is 1.86. The number of hydrogen-bond donors (Lipinski definition) is 1. The van der Waals surface area contributed by atoms with Crippen molar-refractivity contribution in [1.29, 1.82) is 0 Å². The summed E-state index contributed by atoms with van der Waals surface area (Å²) in [7, 11) is 0. The number of halogens is 2. The molecule has 0 atom stereocenters. The third-order valence-electron chi connectivity index (χ3n) is 2.87. The molecule has 0 amide bonds. The Bertz CT molecular complexity index is 597. The monoisotopic (exact) mass is 353 g/mol. The molecule has 2 aromatic rings. The number of hydrogen-bond acceptors (Lipinski definition) is 3. The smallest absolute Gasteiger partial charge is 0.161 e. The van der Waals surface area contributed by atoms with Gasteiger partial charge in [0.15, 0.2) is 5.82 Å². The maximum absolute atomic E-state index is 5.93. The second-order valence-electron chi connectivity index (χ2n) is 4.79. The van der Waals surface area contributed by atoms with Gasteiger partial charge in [-0.3, -0.25) is 0 Å². The zero-order valence-corrected chi connectivity index (χ0v) is 14.1. The summed E-state index contributed by atoms with van der Waals surface area (Å²) in [5.41, 5.74) is 1.96. The quantitative estimate of drug-likeness (QED) is 0.828. The Hall–Kier alpha value is -1.13. The lowest BCUT2D eigenvalue weighted by atomic mass is 10.1. The van der Waals surface area contributed by atoms with E-state index in [1.807, 2.05) is 31.2 Å². The third-order valence-corrected chi connectivity index (χ3v) is 3.90. The molecule has 20 heavy (non-hydrogen) atoms. The summed E-state index contributed by atoms with van der Waals surface area (Å²) in [6.07, 6.45) is 0. The molecule has 0 aliphatic rings. The van der Waals surface area contributed by atoms with Crippen LogP contribution in [0.4, 0.5) is 5.82 Å². The summed E-state index contributed by atoms with van der Waals surface area (Å²) in [5, 5.41) is 3.98. The van der Waals surface area contributed by atoms with Crippen LogP contribution < -0.4 is 5.32 Å². The van der Waals surface area contributed by atoms with Gasteiger partial charge in [-0.2, -0.15) is 0 Å².